The van der Waals surface area contributed by atoms with Crippen molar-refractivity contribution in [3.63, 3.8) is 0 Å². The summed E-state index contributed by atoms with van der Waals surface area (Å²) in [7, 11) is -1.81. The van der Waals surface area contributed by atoms with Gasteiger partial charge in [0.25, 0.3) is 0 Å². The van der Waals surface area contributed by atoms with Crippen LogP contribution in [0.15, 0.2) is 0 Å². The van der Waals surface area contributed by atoms with Crippen LogP contribution in [0.2, 0.25) is 18.1 Å². The monoisotopic (exact) mass is 301 g/mol. The molecule has 0 aromatic carbocycles. The molecule has 1 saturated carbocycles. The van der Waals surface area contributed by atoms with E-state index in [-0.39, 0.29) is 11.1 Å². The van der Waals surface area contributed by atoms with Crippen LogP contribution in [0.1, 0.15) is 52.9 Å². The van der Waals surface area contributed by atoms with Gasteiger partial charge in [-0.05, 0) is 30.5 Å². The summed E-state index contributed by atoms with van der Waals surface area (Å²) in [5, 5.41) is 11.8. The highest BCUT2D eigenvalue weighted by atomic mass is 28.4. The van der Waals surface area contributed by atoms with Gasteiger partial charge in [0.15, 0.2) is 8.32 Å². The van der Waals surface area contributed by atoms with Crippen LogP contribution in [0, 0.1) is 5.92 Å². The van der Waals surface area contributed by atoms with Gasteiger partial charge in [0.05, 0.1) is 12.6 Å². The van der Waals surface area contributed by atoms with Gasteiger partial charge in [0, 0.05) is 0 Å². The largest absolute Gasteiger partial charge is 0.465 e. The molecule has 0 aliphatic heterocycles. The number of hydrogen-bond donors (Lipinski definition) is 2. The molecule has 20 heavy (non-hydrogen) atoms. The molecule has 1 aliphatic rings. The van der Waals surface area contributed by atoms with Crippen molar-refractivity contribution in [2.24, 2.45) is 5.92 Å². The molecule has 0 aromatic heterocycles. The number of carboxylic acid groups (broad SMARTS) is 1. The van der Waals surface area contributed by atoms with Gasteiger partial charge in [-0.1, -0.05) is 46.5 Å². The van der Waals surface area contributed by atoms with Crippen LogP contribution in [-0.4, -0.2) is 32.2 Å². The fourth-order valence-corrected chi connectivity index (χ4v) is 3.57. The molecule has 1 aliphatic carbocycles. The van der Waals surface area contributed by atoms with Crippen molar-refractivity contribution >= 4 is 14.4 Å². The van der Waals surface area contributed by atoms with Gasteiger partial charge in [0.1, 0.15) is 0 Å². The van der Waals surface area contributed by atoms with E-state index in [2.05, 4.69) is 39.2 Å². The Morgan fingerprint density at radius 3 is 2.35 bits per heavy atom. The van der Waals surface area contributed by atoms with Crippen LogP contribution < -0.4 is 5.32 Å². The van der Waals surface area contributed by atoms with E-state index >= 15 is 0 Å². The van der Waals surface area contributed by atoms with Crippen LogP contribution in [0.25, 0.3) is 0 Å². The molecule has 4 nitrogen and oxygen atoms in total. The molecule has 0 aromatic rings. The molecule has 1 atom stereocenters. The maximum atomic E-state index is 10.9. The lowest BCUT2D eigenvalue weighted by Crippen LogP contribution is -2.46. The third-order valence-corrected chi connectivity index (χ3v) is 9.37. The molecule has 0 heterocycles. The molecule has 0 radical (unpaired) electrons. The molecule has 1 unspecified atom stereocenters. The fourth-order valence-electron chi connectivity index (χ4n) is 2.52. The highest BCUT2D eigenvalue weighted by Gasteiger charge is 2.37. The molecule has 5 heteroatoms. The van der Waals surface area contributed by atoms with Crippen LogP contribution in [0.3, 0.4) is 0 Å². The average molecular weight is 302 g/mol. The van der Waals surface area contributed by atoms with E-state index in [1.165, 1.54) is 25.7 Å². The maximum Gasteiger partial charge on any atom is 0.404 e. The minimum Gasteiger partial charge on any atom is -0.465 e. The summed E-state index contributed by atoms with van der Waals surface area (Å²) in [6, 6.07) is -0.0651. The Labute approximate surface area is 124 Å². The van der Waals surface area contributed by atoms with Gasteiger partial charge in [-0.3, -0.25) is 0 Å². The standard InChI is InChI=1S/C15H31NO3Si/c1-15(2,3)20(4,5)19-11-13(16-14(17)18)10-12-8-6-7-9-12/h12-13,16H,6-11H2,1-5H3,(H,17,18). The van der Waals surface area contributed by atoms with E-state index in [1.807, 2.05) is 0 Å². The highest BCUT2D eigenvalue weighted by Crippen LogP contribution is 2.37. The zero-order chi connectivity index (χ0) is 15.4. The zero-order valence-electron chi connectivity index (χ0n) is 13.7. The number of amides is 1. The van der Waals surface area contributed by atoms with Crippen molar-refractivity contribution in [2.75, 3.05) is 6.61 Å². The Kier molecular flexibility index (Phi) is 6.07. The van der Waals surface area contributed by atoms with Gasteiger partial charge in [-0.25, -0.2) is 4.79 Å². The lowest BCUT2D eigenvalue weighted by atomic mass is 9.99. The molecule has 118 valence electrons. The normalized spacial score (nSPS) is 19.1. The SMILES string of the molecule is CC(C)(C)[Si](C)(C)OCC(CC1CCCC1)NC(=O)O. The lowest BCUT2D eigenvalue weighted by molar-refractivity contribution is 0.172. The van der Waals surface area contributed by atoms with E-state index in [4.69, 9.17) is 9.53 Å². The van der Waals surface area contributed by atoms with Gasteiger partial charge in [-0.2, -0.15) is 0 Å². The van der Waals surface area contributed by atoms with Crippen molar-refractivity contribution in [2.45, 2.75) is 77.0 Å². The van der Waals surface area contributed by atoms with Crippen molar-refractivity contribution in [3.05, 3.63) is 0 Å². The molecule has 0 bridgehead atoms. The first-order valence-corrected chi connectivity index (χ1v) is 10.7. The maximum absolute atomic E-state index is 10.9. The number of nitrogens with one attached hydrogen (secondary N) is 1. The molecule has 2 N–H and O–H groups in total. The highest BCUT2D eigenvalue weighted by molar-refractivity contribution is 6.74. The van der Waals surface area contributed by atoms with Crippen molar-refractivity contribution < 1.29 is 14.3 Å². The third-order valence-electron chi connectivity index (χ3n) is 4.87. The first kappa shape index (κ1) is 17.5. The van der Waals surface area contributed by atoms with Crippen molar-refractivity contribution in [1.82, 2.24) is 5.32 Å². The van der Waals surface area contributed by atoms with E-state index < -0.39 is 14.4 Å². The van der Waals surface area contributed by atoms with Crippen LogP contribution in [-0.2, 0) is 4.43 Å². The Morgan fingerprint density at radius 1 is 1.35 bits per heavy atom. The molecular weight excluding hydrogens is 270 g/mol. The summed E-state index contributed by atoms with van der Waals surface area (Å²) in [5.74, 6) is 0.662. The molecule has 1 rings (SSSR count). The third kappa shape index (κ3) is 5.44. The summed E-state index contributed by atoms with van der Waals surface area (Å²) < 4.78 is 6.18. The van der Waals surface area contributed by atoms with Crippen LogP contribution >= 0.6 is 0 Å². The zero-order valence-corrected chi connectivity index (χ0v) is 14.7. The predicted molar refractivity (Wildman–Crippen MR) is 84.7 cm³/mol. The fraction of sp³-hybridized carbons (Fsp3) is 0.933. The minimum atomic E-state index is -1.81. The summed E-state index contributed by atoms with van der Waals surface area (Å²) >= 11 is 0. The lowest BCUT2D eigenvalue weighted by Gasteiger charge is -2.37. The summed E-state index contributed by atoms with van der Waals surface area (Å²) in [6.45, 7) is 11.5. The minimum absolute atomic E-state index is 0.0651. The van der Waals surface area contributed by atoms with Crippen molar-refractivity contribution in [3.8, 4) is 0 Å². The number of rotatable bonds is 6. The second-order valence-electron chi connectivity index (χ2n) is 7.60. The quantitative estimate of drug-likeness (QED) is 0.722. The topological polar surface area (TPSA) is 58.6 Å². The first-order chi connectivity index (χ1) is 9.12. The summed E-state index contributed by atoms with van der Waals surface area (Å²) in [5.41, 5.74) is 0. The van der Waals surface area contributed by atoms with E-state index in [0.717, 1.165) is 6.42 Å². The average Bonchev–Trinajstić information content (AvgIpc) is 2.76. The molecule has 0 saturated heterocycles. The Hall–Kier alpha value is -0.553. The first-order valence-electron chi connectivity index (χ1n) is 7.75. The van der Waals surface area contributed by atoms with Gasteiger partial charge in [0.2, 0.25) is 0 Å². The van der Waals surface area contributed by atoms with E-state index in [9.17, 15) is 4.79 Å². The molecule has 1 amide bonds. The predicted octanol–water partition coefficient (Wildman–Crippen LogP) is 4.22. The van der Waals surface area contributed by atoms with E-state index in [0.29, 0.717) is 12.5 Å². The second kappa shape index (κ2) is 6.94. The molecule has 1 fully saturated rings. The van der Waals surface area contributed by atoms with Gasteiger partial charge < -0.3 is 14.8 Å². The molecular formula is C15H31NO3Si. The van der Waals surface area contributed by atoms with Crippen LogP contribution in [0.5, 0.6) is 0 Å². The van der Waals surface area contributed by atoms with Crippen molar-refractivity contribution in [1.29, 1.82) is 0 Å². The van der Waals surface area contributed by atoms with E-state index in [1.54, 1.807) is 0 Å². The number of carbonyl (C=O) groups is 1. The van der Waals surface area contributed by atoms with Gasteiger partial charge >= 0.3 is 6.09 Å². The number of hydrogen-bond acceptors (Lipinski definition) is 2. The van der Waals surface area contributed by atoms with Gasteiger partial charge in [-0.15, -0.1) is 0 Å². The van der Waals surface area contributed by atoms with Crippen LogP contribution in [0.4, 0.5) is 4.79 Å². The Balaban J connectivity index is 2.53. The summed E-state index contributed by atoms with van der Waals surface area (Å²) in [4.78, 5) is 10.9. The smallest absolute Gasteiger partial charge is 0.404 e. The summed E-state index contributed by atoms with van der Waals surface area (Å²) in [6.07, 6.45) is 5.02. The Bertz CT molecular complexity index is 320. The Morgan fingerprint density at radius 2 is 1.90 bits per heavy atom. The second-order valence-corrected chi connectivity index (χ2v) is 12.4. The molecule has 0 spiro atoms.